The highest BCUT2D eigenvalue weighted by atomic mass is 32.2. The van der Waals surface area contributed by atoms with Crippen molar-refractivity contribution in [2.75, 3.05) is 0 Å². The molecule has 0 heterocycles. The van der Waals surface area contributed by atoms with Gasteiger partial charge in [-0.2, -0.15) is 12.8 Å². The van der Waals surface area contributed by atoms with Crippen LogP contribution in [0.5, 0.6) is 0 Å². The van der Waals surface area contributed by atoms with E-state index in [1.165, 1.54) is 30.3 Å². The minimum Gasteiger partial charge on any atom is -0.287 e. The lowest BCUT2D eigenvalue weighted by molar-refractivity contribution is 0.102. The third-order valence-electron chi connectivity index (χ3n) is 5.33. The molecule has 0 aliphatic heterocycles. The van der Waals surface area contributed by atoms with Crippen LogP contribution in [0.25, 0.3) is 0 Å². The van der Waals surface area contributed by atoms with Crippen molar-refractivity contribution in [3.8, 4) is 0 Å². The predicted molar refractivity (Wildman–Crippen MR) is 130 cm³/mol. The topological polar surface area (TPSA) is 110 Å². The Morgan fingerprint density at radius 3 is 1.94 bits per heavy atom. The maximum Gasteiger partial charge on any atom is 0.282 e. The summed E-state index contributed by atoms with van der Waals surface area (Å²) in [6.45, 7) is 4.01. The van der Waals surface area contributed by atoms with E-state index in [-0.39, 0.29) is 32.7 Å². The monoisotopic (exact) mass is 494 g/mol. The summed E-state index contributed by atoms with van der Waals surface area (Å²) in [5, 5.41) is 0. The summed E-state index contributed by atoms with van der Waals surface area (Å²) in [6, 6.07) is 20.3. The van der Waals surface area contributed by atoms with E-state index >= 15 is 0 Å². The Morgan fingerprint density at radius 2 is 1.32 bits per heavy atom. The molecule has 1 aliphatic carbocycles. The molecular weight excluding hydrogens is 472 g/mol. The zero-order valence-corrected chi connectivity index (χ0v) is 20.1. The minimum atomic E-state index is -4.13. The first-order valence-electron chi connectivity index (χ1n) is 10.5. The van der Waals surface area contributed by atoms with E-state index < -0.39 is 25.8 Å². The molecule has 9 heteroatoms. The molecule has 0 aromatic heterocycles. The number of nitrogens with one attached hydrogen (secondary N) is 1. The molecule has 0 radical (unpaired) electrons. The fourth-order valence-corrected chi connectivity index (χ4v) is 5.56. The quantitative estimate of drug-likeness (QED) is 0.556. The molecule has 0 saturated heterocycles. The number of carbonyl (C=O) groups is 1. The van der Waals surface area contributed by atoms with E-state index in [0.29, 0.717) is 5.56 Å². The molecule has 7 nitrogen and oxygen atoms in total. The molecule has 0 unspecified atom stereocenters. The van der Waals surface area contributed by atoms with Gasteiger partial charge in [0.25, 0.3) is 20.0 Å². The van der Waals surface area contributed by atoms with Gasteiger partial charge in [-0.05, 0) is 41.8 Å². The van der Waals surface area contributed by atoms with Gasteiger partial charge >= 0.3 is 0 Å². The van der Waals surface area contributed by atoms with Gasteiger partial charge in [0.15, 0.2) is 0 Å². The Hall–Kier alpha value is -3.56. The van der Waals surface area contributed by atoms with E-state index in [1.807, 2.05) is 13.8 Å². The van der Waals surface area contributed by atoms with Crippen LogP contribution in [0, 0.1) is 0 Å². The van der Waals surface area contributed by atoms with Crippen LogP contribution in [-0.2, 0) is 20.0 Å². The molecule has 34 heavy (non-hydrogen) atoms. The number of allylic oxidation sites excluding steroid dienone is 2. The number of rotatable bonds is 6. The van der Waals surface area contributed by atoms with E-state index in [0.717, 1.165) is 11.6 Å². The normalized spacial score (nSPS) is 15.2. The summed E-state index contributed by atoms with van der Waals surface area (Å²) < 4.78 is 57.9. The lowest BCUT2D eigenvalue weighted by Crippen LogP contribution is -2.31. The number of fused-ring (bicyclic) bond motifs is 1. The highest BCUT2D eigenvalue weighted by Gasteiger charge is 2.29. The molecule has 0 bridgehead atoms. The molecule has 1 N–H and O–H groups in total. The molecule has 1 aliphatic rings. The molecule has 174 valence electrons. The fraction of sp³-hybridized carbons (Fsp3) is 0.120. The lowest BCUT2D eigenvalue weighted by atomic mass is 9.93. The largest absolute Gasteiger partial charge is 0.287 e. The number of carbonyl (C=O) groups excluding carboxylic acids is 1. The van der Waals surface area contributed by atoms with Crippen LogP contribution < -0.4 is 4.72 Å². The number of sulfonamides is 2. The number of nitrogens with zero attached hydrogens (tertiary/aromatic N) is 1. The van der Waals surface area contributed by atoms with Gasteiger partial charge in [0, 0.05) is 11.1 Å². The Labute approximate surface area is 199 Å². The van der Waals surface area contributed by atoms with Crippen molar-refractivity contribution >= 4 is 31.5 Å². The number of hydrogen-bond acceptors (Lipinski definition) is 5. The van der Waals surface area contributed by atoms with Crippen molar-refractivity contribution < 1.29 is 21.6 Å². The van der Waals surface area contributed by atoms with Crippen LogP contribution in [0.15, 0.2) is 105 Å². The molecular formula is C25H22N2O5S2. The van der Waals surface area contributed by atoms with Crippen molar-refractivity contribution in [1.82, 2.24) is 4.72 Å². The average Bonchev–Trinajstić information content (AvgIpc) is 2.82. The maximum absolute atomic E-state index is 13.0. The van der Waals surface area contributed by atoms with Gasteiger partial charge in [-0.15, -0.1) is 0 Å². The predicted octanol–water partition coefficient (Wildman–Crippen LogP) is 4.05. The van der Waals surface area contributed by atoms with Crippen molar-refractivity contribution in [3.63, 3.8) is 0 Å². The van der Waals surface area contributed by atoms with Crippen LogP contribution >= 0.6 is 0 Å². The molecule has 0 fully saturated rings. The summed E-state index contributed by atoms with van der Waals surface area (Å²) in [6.07, 6.45) is 1.16. The Kier molecular flexibility index (Phi) is 6.24. The first-order valence-corrected chi connectivity index (χ1v) is 13.4. The standard InChI is InChI=1S/C25H22N2O5S2/c1-17(2)18-12-14-20(15-13-18)34(31,32)26-23-16-24(25(28)22-11-7-6-10-21(22)23)27-33(29,30)19-8-4-3-5-9-19/h3-17,27H,1-2H3. The van der Waals surface area contributed by atoms with E-state index in [2.05, 4.69) is 9.12 Å². The summed E-state index contributed by atoms with van der Waals surface area (Å²) >= 11 is 0. The maximum atomic E-state index is 13.0. The fourth-order valence-electron chi connectivity index (χ4n) is 3.49. The van der Waals surface area contributed by atoms with Crippen LogP contribution in [0.2, 0.25) is 0 Å². The second-order valence-electron chi connectivity index (χ2n) is 8.03. The van der Waals surface area contributed by atoms with E-state index in [1.54, 1.807) is 48.5 Å². The number of ketones is 1. The van der Waals surface area contributed by atoms with E-state index in [4.69, 9.17) is 0 Å². The first-order chi connectivity index (χ1) is 16.1. The number of hydrogen-bond donors (Lipinski definition) is 1. The smallest absolute Gasteiger partial charge is 0.282 e. The molecule has 0 atom stereocenters. The lowest BCUT2D eigenvalue weighted by Gasteiger charge is -2.18. The number of benzene rings is 3. The van der Waals surface area contributed by atoms with Gasteiger partial charge in [-0.25, -0.2) is 8.42 Å². The second-order valence-corrected chi connectivity index (χ2v) is 11.3. The highest BCUT2D eigenvalue weighted by molar-refractivity contribution is 7.90. The van der Waals surface area contributed by atoms with Gasteiger partial charge in [-0.3, -0.25) is 9.52 Å². The summed E-state index contributed by atoms with van der Waals surface area (Å²) in [5.41, 5.74) is 1.12. The third kappa shape index (κ3) is 4.71. The number of Topliss-reactive ketones (excluding diaryl/α,β-unsaturated/α-hetero) is 1. The van der Waals surface area contributed by atoms with E-state index in [9.17, 15) is 21.6 Å². The molecule has 3 aromatic rings. The zero-order chi connectivity index (χ0) is 24.5. The van der Waals surface area contributed by atoms with Crippen molar-refractivity contribution in [1.29, 1.82) is 0 Å². The average molecular weight is 495 g/mol. The Balaban J connectivity index is 1.79. The second kappa shape index (κ2) is 9.00. The Morgan fingerprint density at radius 1 is 0.735 bits per heavy atom. The SMILES string of the molecule is CC(C)c1ccc(S(=O)(=O)N=C2C=C(NS(=O)(=O)c3ccccc3)C(=O)c3ccccc32)cc1. The van der Waals surface area contributed by atoms with Gasteiger partial charge < -0.3 is 0 Å². The van der Waals surface area contributed by atoms with Gasteiger partial charge in [0.1, 0.15) is 0 Å². The molecule has 0 saturated carbocycles. The zero-order valence-electron chi connectivity index (χ0n) is 18.5. The van der Waals surface area contributed by atoms with Crippen LogP contribution in [0.3, 0.4) is 0 Å². The molecule has 0 amide bonds. The van der Waals surface area contributed by atoms with Crippen molar-refractivity contribution in [2.24, 2.45) is 4.40 Å². The first kappa shape index (κ1) is 23.6. The molecule has 4 rings (SSSR count). The van der Waals surface area contributed by atoms with Gasteiger partial charge in [-0.1, -0.05) is 68.4 Å². The van der Waals surface area contributed by atoms with Crippen molar-refractivity contribution in [2.45, 2.75) is 29.6 Å². The molecule has 3 aromatic carbocycles. The Bertz CT molecular complexity index is 1520. The summed E-state index contributed by atoms with van der Waals surface area (Å²) in [5.74, 6) is -0.338. The van der Waals surface area contributed by atoms with Crippen LogP contribution in [-0.4, -0.2) is 28.3 Å². The minimum absolute atomic E-state index is 0.00130. The third-order valence-corrected chi connectivity index (χ3v) is 8.02. The van der Waals surface area contributed by atoms with Crippen LogP contribution in [0.4, 0.5) is 0 Å². The van der Waals surface area contributed by atoms with Crippen molar-refractivity contribution in [3.05, 3.63) is 107 Å². The highest BCUT2D eigenvalue weighted by Crippen LogP contribution is 2.25. The summed E-state index contributed by atoms with van der Waals surface area (Å²) in [4.78, 5) is 13.0. The van der Waals surface area contributed by atoms with Crippen LogP contribution in [0.1, 0.15) is 41.3 Å². The summed E-state index contributed by atoms with van der Waals surface area (Å²) in [7, 11) is -8.20. The van der Waals surface area contributed by atoms with Gasteiger partial charge in [0.2, 0.25) is 5.78 Å². The molecule has 0 spiro atoms. The van der Waals surface area contributed by atoms with Gasteiger partial charge in [0.05, 0.1) is 21.2 Å².